The highest BCUT2D eigenvalue weighted by Gasteiger charge is 2.04. The molecule has 0 aliphatic carbocycles. The van der Waals surface area contributed by atoms with Gasteiger partial charge in [0.05, 0.1) is 13.2 Å². The molecule has 0 heterocycles. The van der Waals surface area contributed by atoms with E-state index in [1.807, 2.05) is 13.3 Å². The van der Waals surface area contributed by atoms with Gasteiger partial charge in [-0.05, 0) is 19.8 Å². The van der Waals surface area contributed by atoms with Crippen LogP contribution >= 0.6 is 35.4 Å². The van der Waals surface area contributed by atoms with Crippen LogP contribution in [0.1, 0.15) is 6.42 Å². The lowest BCUT2D eigenvalue weighted by Crippen LogP contribution is -1.95. The normalized spacial score (nSPS) is 20.6. The zero-order valence-corrected chi connectivity index (χ0v) is 12.8. The molecule has 0 bridgehead atoms. The first-order chi connectivity index (χ1) is 5.71. The van der Waals surface area contributed by atoms with E-state index in [4.69, 9.17) is 32.7 Å². The molecule has 0 saturated heterocycles. The lowest BCUT2D eigenvalue weighted by molar-refractivity contribution is 0.283. The summed E-state index contributed by atoms with van der Waals surface area (Å²) in [5.74, 6) is 0. The number of hydrogen-bond acceptors (Lipinski definition) is 4. The van der Waals surface area contributed by atoms with Crippen LogP contribution in [-0.4, -0.2) is 26.5 Å². The molecule has 0 rings (SSSR count). The zero-order valence-electron chi connectivity index (χ0n) is 7.54. The molecule has 0 N–H and O–H groups in total. The van der Waals surface area contributed by atoms with E-state index in [1.54, 1.807) is 0 Å². The van der Waals surface area contributed by atoms with E-state index in [0.29, 0.717) is 13.2 Å². The van der Waals surface area contributed by atoms with E-state index in [0.717, 1.165) is 6.42 Å². The minimum Gasteiger partial charge on any atom is -0.342 e. The van der Waals surface area contributed by atoms with E-state index >= 15 is 0 Å². The van der Waals surface area contributed by atoms with Crippen LogP contribution < -0.4 is 0 Å². The molecule has 0 aromatic rings. The molecule has 2 nitrogen and oxygen atoms in total. The summed E-state index contributed by atoms with van der Waals surface area (Å²) in [7, 11) is 0. The molecule has 0 radical (unpaired) electrons. The standard InChI is InChI=1S/C5H14O2P2S4/c1-8(10,11)6-4-3-5-7-9(2,12)13/h3-5H2,1-2H3,(H,10,11)(H,12,13). The Hall–Kier alpha value is 1.92. The summed E-state index contributed by atoms with van der Waals surface area (Å²) in [6, 6.07) is 0. The van der Waals surface area contributed by atoms with Crippen LogP contribution in [0, 0.1) is 0 Å². The summed E-state index contributed by atoms with van der Waals surface area (Å²) in [4.78, 5) is 0. The second-order valence-corrected chi connectivity index (χ2v) is 16.7. The molecule has 13 heavy (non-hydrogen) atoms. The highest BCUT2D eigenvalue weighted by molar-refractivity contribution is 8.61. The summed E-state index contributed by atoms with van der Waals surface area (Å²) in [5.41, 5.74) is -3.62. The van der Waals surface area contributed by atoms with Crippen molar-refractivity contribution in [1.29, 1.82) is 0 Å². The lowest BCUT2D eigenvalue weighted by atomic mass is 10.5. The van der Waals surface area contributed by atoms with Gasteiger partial charge in [-0.2, -0.15) is 0 Å². The maximum atomic E-state index is 5.31. The first-order valence-electron chi connectivity index (χ1n) is 3.60. The Morgan fingerprint density at radius 1 is 1.00 bits per heavy atom. The van der Waals surface area contributed by atoms with Gasteiger partial charge >= 0.3 is 0 Å². The highest BCUT2D eigenvalue weighted by Crippen LogP contribution is 2.49. The maximum Gasteiger partial charge on any atom is 0.113 e. The summed E-state index contributed by atoms with van der Waals surface area (Å²) in [6.45, 7) is 4.82. The van der Waals surface area contributed by atoms with Crippen LogP contribution in [0.5, 0.6) is 0 Å². The molecule has 0 aromatic heterocycles. The average molecular weight is 296 g/mol. The summed E-state index contributed by atoms with van der Waals surface area (Å²) >= 11 is 18.3. The number of thiol groups is 2. The van der Waals surface area contributed by atoms with E-state index in [9.17, 15) is 0 Å². The van der Waals surface area contributed by atoms with Crippen molar-refractivity contribution >= 4 is 59.0 Å². The molecule has 8 heteroatoms. The molecule has 0 aliphatic heterocycles. The quantitative estimate of drug-likeness (QED) is 0.445. The van der Waals surface area contributed by atoms with Crippen molar-refractivity contribution in [3.8, 4) is 0 Å². The van der Waals surface area contributed by atoms with Crippen molar-refractivity contribution in [2.75, 3.05) is 26.5 Å². The fraction of sp³-hybridized carbons (Fsp3) is 1.00. The lowest BCUT2D eigenvalue weighted by Gasteiger charge is -2.12. The minimum absolute atomic E-state index is 0.584. The highest BCUT2D eigenvalue weighted by atomic mass is 32.9. The van der Waals surface area contributed by atoms with Gasteiger partial charge in [-0.3, -0.25) is 0 Å². The largest absolute Gasteiger partial charge is 0.342 e. The van der Waals surface area contributed by atoms with Gasteiger partial charge < -0.3 is 9.05 Å². The van der Waals surface area contributed by atoms with Gasteiger partial charge in [0.2, 0.25) is 0 Å². The fourth-order valence-electron chi connectivity index (χ4n) is 0.527. The van der Waals surface area contributed by atoms with Gasteiger partial charge in [0.25, 0.3) is 0 Å². The van der Waals surface area contributed by atoms with Gasteiger partial charge in [-0.15, -0.1) is 24.5 Å². The predicted molar refractivity (Wildman–Crippen MR) is 74.9 cm³/mol. The minimum atomic E-state index is -1.81. The van der Waals surface area contributed by atoms with Gasteiger partial charge in [0, 0.05) is 0 Å². The molecular formula is C5H14O2P2S4. The molecule has 0 aromatic carbocycles. The Morgan fingerprint density at radius 2 is 1.31 bits per heavy atom. The van der Waals surface area contributed by atoms with Crippen molar-refractivity contribution in [3.63, 3.8) is 0 Å². The van der Waals surface area contributed by atoms with Crippen LogP contribution in [0.2, 0.25) is 0 Å². The first kappa shape index (κ1) is 14.9. The number of hydrogen-bond donors (Lipinski definition) is 2. The Labute approximate surface area is 101 Å². The van der Waals surface area contributed by atoms with Gasteiger partial charge in [-0.1, -0.05) is 23.6 Å². The second-order valence-electron chi connectivity index (χ2n) is 2.63. The summed E-state index contributed by atoms with van der Waals surface area (Å²) < 4.78 is 10.6. The maximum absolute atomic E-state index is 5.31. The average Bonchev–Trinajstić information content (AvgIpc) is 1.81. The van der Waals surface area contributed by atoms with Crippen molar-refractivity contribution < 1.29 is 9.05 Å². The monoisotopic (exact) mass is 296 g/mol. The third-order valence-electron chi connectivity index (χ3n) is 0.950. The van der Waals surface area contributed by atoms with E-state index in [1.165, 1.54) is 0 Å². The van der Waals surface area contributed by atoms with E-state index in [2.05, 4.69) is 24.5 Å². The van der Waals surface area contributed by atoms with E-state index < -0.39 is 10.9 Å². The van der Waals surface area contributed by atoms with Crippen LogP contribution in [0.3, 0.4) is 0 Å². The molecule has 2 atom stereocenters. The Bertz CT molecular complexity index is 209. The van der Waals surface area contributed by atoms with E-state index in [-0.39, 0.29) is 0 Å². The topological polar surface area (TPSA) is 18.5 Å². The van der Waals surface area contributed by atoms with Gasteiger partial charge in [0.1, 0.15) is 10.9 Å². The van der Waals surface area contributed by atoms with Crippen LogP contribution in [-0.2, 0) is 32.7 Å². The van der Waals surface area contributed by atoms with Crippen LogP contribution in [0.15, 0.2) is 0 Å². The molecular weight excluding hydrogens is 282 g/mol. The molecule has 0 spiro atoms. The summed E-state index contributed by atoms with van der Waals surface area (Å²) in [5, 5.41) is 0. The SMILES string of the molecule is CP(=S)(S)OCCCOP(C)(=S)S. The predicted octanol–water partition coefficient (Wildman–Crippen LogP) is 3.15. The molecule has 2 unspecified atom stereocenters. The molecule has 0 aliphatic rings. The third-order valence-corrected chi connectivity index (χ3v) is 3.60. The zero-order chi connectivity index (χ0) is 10.5. The Kier molecular flexibility index (Phi) is 7.45. The second kappa shape index (κ2) is 6.49. The van der Waals surface area contributed by atoms with Gasteiger partial charge in [0.15, 0.2) is 0 Å². The van der Waals surface area contributed by atoms with Crippen LogP contribution in [0.25, 0.3) is 0 Å². The fourth-order valence-corrected chi connectivity index (χ4v) is 2.40. The molecule has 0 amide bonds. The molecule has 80 valence electrons. The van der Waals surface area contributed by atoms with Crippen molar-refractivity contribution in [2.24, 2.45) is 0 Å². The van der Waals surface area contributed by atoms with Gasteiger partial charge in [-0.25, -0.2) is 0 Å². The number of rotatable bonds is 6. The van der Waals surface area contributed by atoms with Crippen molar-refractivity contribution in [2.45, 2.75) is 6.42 Å². The molecule has 0 saturated carbocycles. The van der Waals surface area contributed by atoms with Crippen molar-refractivity contribution in [1.82, 2.24) is 0 Å². The first-order valence-corrected chi connectivity index (χ1v) is 12.2. The smallest absolute Gasteiger partial charge is 0.113 e. The summed E-state index contributed by atoms with van der Waals surface area (Å²) in [6.07, 6.45) is 0.791. The molecule has 0 fully saturated rings. The third kappa shape index (κ3) is 13.9. The van der Waals surface area contributed by atoms with Crippen LogP contribution in [0.4, 0.5) is 0 Å². The Balaban J connectivity index is 3.39. The Morgan fingerprint density at radius 3 is 1.54 bits per heavy atom. The van der Waals surface area contributed by atoms with Crippen molar-refractivity contribution in [3.05, 3.63) is 0 Å².